The third kappa shape index (κ3) is 1.75. The summed E-state index contributed by atoms with van der Waals surface area (Å²) < 4.78 is 6.07. The van der Waals surface area contributed by atoms with Gasteiger partial charge in [-0.3, -0.25) is 0 Å². The molecule has 0 radical (unpaired) electrons. The second kappa shape index (κ2) is 3.93. The van der Waals surface area contributed by atoms with Crippen molar-refractivity contribution >= 4 is 0 Å². The first-order valence-corrected chi connectivity index (χ1v) is 6.79. The molecule has 1 saturated heterocycles. The van der Waals surface area contributed by atoms with E-state index in [2.05, 4.69) is 6.08 Å². The molecule has 2 unspecified atom stereocenters. The summed E-state index contributed by atoms with van der Waals surface area (Å²) in [6, 6.07) is 0. The quantitative estimate of drug-likeness (QED) is 0.467. The van der Waals surface area contributed by atoms with Crippen LogP contribution in [0.2, 0.25) is 0 Å². The zero-order valence-electron chi connectivity index (χ0n) is 9.63. The van der Waals surface area contributed by atoms with Crippen molar-refractivity contribution in [1.82, 2.24) is 0 Å². The summed E-state index contributed by atoms with van der Waals surface area (Å²) in [6.45, 7) is 0. The Bertz CT molecular complexity index is 269. The second-order valence-electron chi connectivity index (χ2n) is 5.42. The van der Waals surface area contributed by atoms with Crippen LogP contribution in [0.1, 0.15) is 64.2 Å². The number of fused-ring (bicyclic) bond motifs is 1. The van der Waals surface area contributed by atoms with E-state index in [9.17, 15) is 0 Å². The van der Waals surface area contributed by atoms with Crippen molar-refractivity contribution in [1.29, 1.82) is 0 Å². The Hall–Kier alpha value is -0.300. The van der Waals surface area contributed by atoms with E-state index >= 15 is 0 Å². The monoisotopic (exact) mass is 206 g/mol. The zero-order valence-corrected chi connectivity index (χ0v) is 9.63. The predicted molar refractivity (Wildman–Crippen MR) is 61.9 cm³/mol. The van der Waals surface area contributed by atoms with E-state index in [-0.39, 0.29) is 5.60 Å². The van der Waals surface area contributed by atoms with Crippen LogP contribution in [-0.4, -0.2) is 11.7 Å². The third-order valence-electron chi connectivity index (χ3n) is 4.41. The van der Waals surface area contributed by atoms with Gasteiger partial charge in [0.05, 0.1) is 6.10 Å². The topological polar surface area (TPSA) is 12.5 Å². The first-order chi connectivity index (χ1) is 7.42. The Morgan fingerprint density at radius 2 is 2.00 bits per heavy atom. The molecule has 1 saturated carbocycles. The van der Waals surface area contributed by atoms with E-state index in [1.165, 1.54) is 64.2 Å². The number of hydrogen-bond donors (Lipinski definition) is 0. The normalized spacial score (nSPS) is 41.1. The van der Waals surface area contributed by atoms with Gasteiger partial charge in [-0.25, -0.2) is 0 Å². The molecular formula is C14H22O. The van der Waals surface area contributed by atoms with E-state index in [1.807, 2.05) is 0 Å². The van der Waals surface area contributed by atoms with Gasteiger partial charge < -0.3 is 4.74 Å². The molecule has 0 bridgehead atoms. The van der Waals surface area contributed by atoms with Crippen LogP contribution in [0.25, 0.3) is 0 Å². The molecule has 1 heteroatoms. The molecule has 0 N–H and O–H groups in total. The smallest absolute Gasteiger partial charge is 0.116 e. The lowest BCUT2D eigenvalue weighted by Gasteiger charge is -2.15. The van der Waals surface area contributed by atoms with E-state index in [0.29, 0.717) is 6.10 Å². The van der Waals surface area contributed by atoms with Gasteiger partial charge in [-0.2, -0.15) is 0 Å². The number of rotatable bonds is 1. The van der Waals surface area contributed by atoms with Crippen molar-refractivity contribution < 1.29 is 4.74 Å². The van der Waals surface area contributed by atoms with Crippen molar-refractivity contribution in [2.45, 2.75) is 75.9 Å². The summed E-state index contributed by atoms with van der Waals surface area (Å²) >= 11 is 0. The number of epoxide rings is 1. The molecule has 1 heterocycles. The molecule has 0 spiro atoms. The van der Waals surface area contributed by atoms with Crippen molar-refractivity contribution in [2.75, 3.05) is 0 Å². The molecule has 0 aromatic heterocycles. The van der Waals surface area contributed by atoms with E-state index in [0.717, 1.165) is 0 Å². The highest BCUT2D eigenvalue weighted by atomic mass is 16.6. The van der Waals surface area contributed by atoms with Gasteiger partial charge in [0.15, 0.2) is 0 Å². The van der Waals surface area contributed by atoms with Gasteiger partial charge in [-0.05, 0) is 44.1 Å². The van der Waals surface area contributed by atoms with Crippen molar-refractivity contribution in [3.8, 4) is 0 Å². The average molecular weight is 206 g/mol. The predicted octanol–water partition coefficient (Wildman–Crippen LogP) is 3.98. The zero-order chi connectivity index (χ0) is 10.1. The Morgan fingerprint density at radius 3 is 3.00 bits per heavy atom. The molecule has 3 rings (SSSR count). The maximum atomic E-state index is 6.07. The lowest BCUT2D eigenvalue weighted by molar-refractivity contribution is 0.284. The standard InChI is InChI=1S/C14H22O/c1-2-5-9-12(8-4-1)14-11-7-3-6-10-13(14)15-14/h8,13H,1-7,9-11H2. The van der Waals surface area contributed by atoms with Crippen LogP contribution in [0, 0.1) is 0 Å². The molecule has 0 aromatic rings. The van der Waals surface area contributed by atoms with Gasteiger partial charge >= 0.3 is 0 Å². The molecule has 3 aliphatic rings. The van der Waals surface area contributed by atoms with Gasteiger partial charge in [0.1, 0.15) is 5.60 Å². The minimum absolute atomic E-state index is 0.251. The van der Waals surface area contributed by atoms with Crippen LogP contribution in [0.3, 0.4) is 0 Å². The number of hydrogen-bond acceptors (Lipinski definition) is 1. The lowest BCUT2D eigenvalue weighted by Crippen LogP contribution is -2.17. The molecule has 2 aliphatic carbocycles. The van der Waals surface area contributed by atoms with E-state index in [1.54, 1.807) is 5.57 Å². The molecule has 84 valence electrons. The van der Waals surface area contributed by atoms with Crippen LogP contribution in [0.4, 0.5) is 0 Å². The second-order valence-corrected chi connectivity index (χ2v) is 5.42. The van der Waals surface area contributed by atoms with Gasteiger partial charge in [-0.1, -0.05) is 31.8 Å². The van der Waals surface area contributed by atoms with Gasteiger partial charge in [-0.15, -0.1) is 0 Å². The van der Waals surface area contributed by atoms with E-state index < -0.39 is 0 Å². The fourth-order valence-corrected chi connectivity index (χ4v) is 3.47. The first-order valence-electron chi connectivity index (χ1n) is 6.79. The maximum absolute atomic E-state index is 6.07. The number of allylic oxidation sites excluding steroid dienone is 1. The summed E-state index contributed by atoms with van der Waals surface area (Å²) in [5, 5.41) is 0. The Labute approximate surface area is 92.9 Å². The molecule has 2 atom stereocenters. The molecule has 1 aliphatic heterocycles. The van der Waals surface area contributed by atoms with Crippen LogP contribution in [-0.2, 0) is 4.74 Å². The summed E-state index contributed by atoms with van der Waals surface area (Å²) in [5.41, 5.74) is 1.92. The van der Waals surface area contributed by atoms with Gasteiger partial charge in [0.25, 0.3) is 0 Å². The molecular weight excluding hydrogens is 184 g/mol. The molecule has 15 heavy (non-hydrogen) atoms. The SMILES string of the molecule is C1=C(C23CCCCCC2O3)CCCCC1. The van der Waals surface area contributed by atoms with Crippen molar-refractivity contribution in [3.05, 3.63) is 11.6 Å². The highest BCUT2D eigenvalue weighted by molar-refractivity contribution is 5.28. The summed E-state index contributed by atoms with van der Waals surface area (Å²) in [4.78, 5) is 0. The number of ether oxygens (including phenoxy) is 1. The Kier molecular flexibility index (Phi) is 2.59. The molecule has 1 nitrogen and oxygen atoms in total. The molecule has 0 amide bonds. The first kappa shape index (κ1) is 9.89. The summed E-state index contributed by atoms with van der Waals surface area (Å²) in [7, 11) is 0. The van der Waals surface area contributed by atoms with Gasteiger partial charge in [0.2, 0.25) is 0 Å². The summed E-state index contributed by atoms with van der Waals surface area (Å²) in [6.07, 6.45) is 16.8. The van der Waals surface area contributed by atoms with Gasteiger partial charge in [0, 0.05) is 0 Å². The minimum atomic E-state index is 0.251. The largest absolute Gasteiger partial charge is 0.361 e. The van der Waals surface area contributed by atoms with Crippen molar-refractivity contribution in [3.63, 3.8) is 0 Å². The average Bonchev–Trinajstić information content (AvgIpc) is 2.98. The molecule has 0 aromatic carbocycles. The highest BCUT2D eigenvalue weighted by Gasteiger charge is 2.57. The lowest BCUT2D eigenvalue weighted by atomic mass is 9.88. The fraction of sp³-hybridized carbons (Fsp3) is 0.857. The summed E-state index contributed by atoms with van der Waals surface area (Å²) in [5.74, 6) is 0. The van der Waals surface area contributed by atoms with Crippen molar-refractivity contribution in [2.24, 2.45) is 0 Å². The fourth-order valence-electron chi connectivity index (χ4n) is 3.47. The van der Waals surface area contributed by atoms with Crippen LogP contribution >= 0.6 is 0 Å². The van der Waals surface area contributed by atoms with Crippen LogP contribution < -0.4 is 0 Å². The maximum Gasteiger partial charge on any atom is 0.116 e. The third-order valence-corrected chi connectivity index (χ3v) is 4.41. The highest BCUT2D eigenvalue weighted by Crippen LogP contribution is 2.53. The van der Waals surface area contributed by atoms with Crippen LogP contribution in [0.15, 0.2) is 11.6 Å². The minimum Gasteiger partial charge on any atom is -0.361 e. The Balaban J connectivity index is 1.77. The van der Waals surface area contributed by atoms with Crippen LogP contribution in [0.5, 0.6) is 0 Å². The molecule has 2 fully saturated rings. The van der Waals surface area contributed by atoms with E-state index in [4.69, 9.17) is 4.74 Å². The Morgan fingerprint density at radius 1 is 1.07 bits per heavy atom.